The Morgan fingerprint density at radius 3 is 2.27 bits per heavy atom. The standard InChI is InChI=1S/C18H24N2OS/c1-14-15(2)22-13-16(14)12-19-8-10-20(11-9-19)17-4-6-18(21-3)7-5-17/h4-7,13H,8-12H2,1-3H3. The Bertz CT molecular complexity index is 613. The lowest BCUT2D eigenvalue weighted by molar-refractivity contribution is 0.249. The first-order valence-electron chi connectivity index (χ1n) is 7.82. The zero-order valence-electron chi connectivity index (χ0n) is 13.6. The number of rotatable bonds is 4. The van der Waals surface area contributed by atoms with Crippen LogP contribution in [0.1, 0.15) is 16.0 Å². The maximum Gasteiger partial charge on any atom is 0.119 e. The second kappa shape index (κ2) is 6.71. The number of hydrogen-bond acceptors (Lipinski definition) is 4. The smallest absolute Gasteiger partial charge is 0.119 e. The highest BCUT2D eigenvalue weighted by molar-refractivity contribution is 7.10. The van der Waals surface area contributed by atoms with Gasteiger partial charge in [0.05, 0.1) is 7.11 Å². The highest BCUT2D eigenvalue weighted by atomic mass is 32.1. The van der Waals surface area contributed by atoms with Crippen LogP contribution in [0, 0.1) is 13.8 Å². The number of ether oxygens (including phenoxy) is 1. The van der Waals surface area contributed by atoms with Crippen LogP contribution in [0.4, 0.5) is 5.69 Å². The molecule has 0 unspecified atom stereocenters. The quantitative estimate of drug-likeness (QED) is 0.855. The maximum absolute atomic E-state index is 5.23. The van der Waals surface area contributed by atoms with Crippen LogP contribution in [0.5, 0.6) is 5.75 Å². The lowest BCUT2D eigenvalue weighted by Gasteiger charge is -2.36. The molecule has 0 saturated carbocycles. The molecular weight excluding hydrogens is 292 g/mol. The summed E-state index contributed by atoms with van der Waals surface area (Å²) >= 11 is 1.87. The lowest BCUT2D eigenvalue weighted by atomic mass is 10.1. The van der Waals surface area contributed by atoms with E-state index in [2.05, 4.69) is 41.2 Å². The molecule has 1 aliphatic rings. The Morgan fingerprint density at radius 1 is 1.05 bits per heavy atom. The molecule has 0 atom stereocenters. The molecule has 0 amide bonds. The second-order valence-electron chi connectivity index (χ2n) is 5.90. The normalized spacial score (nSPS) is 16.0. The summed E-state index contributed by atoms with van der Waals surface area (Å²) in [6, 6.07) is 8.39. The molecule has 4 heteroatoms. The fourth-order valence-corrected chi connectivity index (χ4v) is 3.79. The number of nitrogens with zero attached hydrogens (tertiary/aromatic N) is 2. The highest BCUT2D eigenvalue weighted by Gasteiger charge is 2.18. The predicted octanol–water partition coefficient (Wildman–Crippen LogP) is 3.70. The summed E-state index contributed by atoms with van der Waals surface area (Å²) < 4.78 is 5.23. The Balaban J connectivity index is 1.56. The van der Waals surface area contributed by atoms with Crippen molar-refractivity contribution in [2.24, 2.45) is 0 Å². The Labute approximate surface area is 137 Å². The van der Waals surface area contributed by atoms with Crippen molar-refractivity contribution < 1.29 is 4.74 Å². The zero-order chi connectivity index (χ0) is 15.5. The van der Waals surface area contributed by atoms with E-state index in [0.717, 1.165) is 38.5 Å². The van der Waals surface area contributed by atoms with Gasteiger partial charge in [0.2, 0.25) is 0 Å². The van der Waals surface area contributed by atoms with Gasteiger partial charge in [-0.2, -0.15) is 0 Å². The minimum Gasteiger partial charge on any atom is -0.497 e. The van der Waals surface area contributed by atoms with E-state index in [-0.39, 0.29) is 0 Å². The van der Waals surface area contributed by atoms with Crippen LogP contribution in [0.15, 0.2) is 29.6 Å². The van der Waals surface area contributed by atoms with Crippen LogP contribution < -0.4 is 9.64 Å². The van der Waals surface area contributed by atoms with Gasteiger partial charge < -0.3 is 9.64 Å². The highest BCUT2D eigenvalue weighted by Crippen LogP contribution is 2.24. The maximum atomic E-state index is 5.23. The van der Waals surface area contributed by atoms with Crippen molar-refractivity contribution in [1.82, 2.24) is 4.90 Å². The average molecular weight is 316 g/mol. The van der Waals surface area contributed by atoms with Crippen LogP contribution in [0.25, 0.3) is 0 Å². The summed E-state index contributed by atoms with van der Waals surface area (Å²) in [6.45, 7) is 9.98. The first-order valence-corrected chi connectivity index (χ1v) is 8.70. The number of methoxy groups -OCH3 is 1. The molecule has 1 fully saturated rings. The molecule has 0 aliphatic carbocycles. The van der Waals surface area contributed by atoms with E-state index >= 15 is 0 Å². The third-order valence-electron chi connectivity index (χ3n) is 4.59. The van der Waals surface area contributed by atoms with Gasteiger partial charge in [0.1, 0.15) is 5.75 Å². The Hall–Kier alpha value is -1.52. The molecule has 1 aromatic heterocycles. The van der Waals surface area contributed by atoms with Gasteiger partial charge in [-0.1, -0.05) is 0 Å². The molecule has 2 heterocycles. The minimum atomic E-state index is 0.922. The molecule has 22 heavy (non-hydrogen) atoms. The van der Waals surface area contributed by atoms with E-state index in [1.807, 2.05) is 23.5 Å². The van der Waals surface area contributed by atoms with Crippen LogP contribution in [0.2, 0.25) is 0 Å². The van der Waals surface area contributed by atoms with Crippen LogP contribution in [0.3, 0.4) is 0 Å². The van der Waals surface area contributed by atoms with Crippen molar-refractivity contribution in [1.29, 1.82) is 0 Å². The van der Waals surface area contributed by atoms with Crippen molar-refractivity contribution >= 4 is 17.0 Å². The van der Waals surface area contributed by atoms with Crippen LogP contribution in [-0.4, -0.2) is 38.2 Å². The summed E-state index contributed by atoms with van der Waals surface area (Å²) in [7, 11) is 1.71. The number of anilines is 1. The first-order chi connectivity index (χ1) is 10.7. The third kappa shape index (κ3) is 3.28. The molecular formula is C18H24N2OS. The van der Waals surface area contributed by atoms with Gasteiger partial charge in [-0.15, -0.1) is 11.3 Å². The molecule has 0 bridgehead atoms. The monoisotopic (exact) mass is 316 g/mol. The van der Waals surface area contributed by atoms with Gasteiger partial charge in [-0.25, -0.2) is 0 Å². The molecule has 3 nitrogen and oxygen atoms in total. The van der Waals surface area contributed by atoms with Crippen molar-refractivity contribution in [2.45, 2.75) is 20.4 Å². The van der Waals surface area contributed by atoms with Crippen molar-refractivity contribution in [2.75, 3.05) is 38.2 Å². The number of hydrogen-bond donors (Lipinski definition) is 0. The summed E-state index contributed by atoms with van der Waals surface area (Å²) in [6.07, 6.45) is 0. The van der Waals surface area contributed by atoms with Crippen molar-refractivity contribution in [3.05, 3.63) is 45.6 Å². The van der Waals surface area contributed by atoms with E-state index in [0.29, 0.717) is 0 Å². The number of benzene rings is 1. The molecule has 1 saturated heterocycles. The average Bonchev–Trinajstić information content (AvgIpc) is 2.88. The predicted molar refractivity (Wildman–Crippen MR) is 94.3 cm³/mol. The van der Waals surface area contributed by atoms with E-state index in [9.17, 15) is 0 Å². The van der Waals surface area contributed by atoms with E-state index < -0.39 is 0 Å². The zero-order valence-corrected chi connectivity index (χ0v) is 14.4. The van der Waals surface area contributed by atoms with Crippen molar-refractivity contribution in [3.8, 4) is 5.75 Å². The Morgan fingerprint density at radius 2 is 1.73 bits per heavy atom. The summed E-state index contributed by atoms with van der Waals surface area (Å²) in [5.41, 5.74) is 4.27. The fourth-order valence-electron chi connectivity index (χ4n) is 2.92. The number of aryl methyl sites for hydroxylation is 1. The largest absolute Gasteiger partial charge is 0.497 e. The van der Waals surface area contributed by atoms with Gasteiger partial charge in [-0.05, 0) is 54.6 Å². The molecule has 118 valence electrons. The Kier molecular flexibility index (Phi) is 4.69. The molecule has 2 aromatic rings. The summed E-state index contributed by atoms with van der Waals surface area (Å²) in [4.78, 5) is 6.47. The molecule has 0 radical (unpaired) electrons. The number of piperazine rings is 1. The van der Waals surface area contributed by atoms with Gasteiger partial charge in [-0.3, -0.25) is 4.90 Å². The SMILES string of the molecule is COc1ccc(N2CCN(Cc3csc(C)c3C)CC2)cc1. The van der Waals surface area contributed by atoms with Gasteiger partial charge in [0.25, 0.3) is 0 Å². The third-order valence-corrected chi connectivity index (χ3v) is 5.65. The van der Waals surface area contributed by atoms with Gasteiger partial charge in [0, 0.05) is 43.3 Å². The second-order valence-corrected chi connectivity index (χ2v) is 6.99. The molecule has 0 N–H and O–H groups in total. The van der Waals surface area contributed by atoms with Crippen molar-refractivity contribution in [3.63, 3.8) is 0 Å². The fraction of sp³-hybridized carbons (Fsp3) is 0.444. The molecule has 1 aromatic carbocycles. The first kappa shape index (κ1) is 15.4. The summed E-state index contributed by atoms with van der Waals surface area (Å²) in [5.74, 6) is 0.922. The topological polar surface area (TPSA) is 15.7 Å². The van der Waals surface area contributed by atoms with Gasteiger partial charge in [0.15, 0.2) is 0 Å². The molecule has 0 spiro atoms. The van der Waals surface area contributed by atoms with E-state index in [1.165, 1.54) is 21.7 Å². The molecule has 1 aliphatic heterocycles. The lowest BCUT2D eigenvalue weighted by Crippen LogP contribution is -2.46. The van der Waals surface area contributed by atoms with E-state index in [1.54, 1.807) is 7.11 Å². The van der Waals surface area contributed by atoms with E-state index in [4.69, 9.17) is 4.74 Å². The number of thiophene rings is 1. The van der Waals surface area contributed by atoms with Crippen LogP contribution in [-0.2, 0) is 6.54 Å². The summed E-state index contributed by atoms with van der Waals surface area (Å²) in [5, 5.41) is 2.32. The van der Waals surface area contributed by atoms with Gasteiger partial charge >= 0.3 is 0 Å². The minimum absolute atomic E-state index is 0.922. The molecule has 3 rings (SSSR count). The van der Waals surface area contributed by atoms with Crippen LogP contribution >= 0.6 is 11.3 Å².